The van der Waals surface area contributed by atoms with Crippen molar-refractivity contribution in [2.75, 3.05) is 57.0 Å². The first-order chi connectivity index (χ1) is 13.1. The maximum absolute atomic E-state index is 4.59. The van der Waals surface area contributed by atoms with E-state index in [2.05, 4.69) is 68.2 Å². The van der Waals surface area contributed by atoms with Crippen LogP contribution in [0.4, 0.5) is 5.82 Å². The average Bonchev–Trinajstić information content (AvgIpc) is 3.15. The molecule has 2 N–H and O–H groups in total. The molecule has 1 unspecified atom stereocenters. The number of nitrogens with one attached hydrogen (secondary N) is 2. The Labute approximate surface area is 191 Å². The monoisotopic (exact) mass is 518 g/mol. The molecule has 3 rings (SSSR count). The summed E-state index contributed by atoms with van der Waals surface area (Å²) < 4.78 is 0.335. The molecule has 0 saturated carbocycles. The third-order valence-electron chi connectivity index (χ3n) is 5.57. The van der Waals surface area contributed by atoms with Crippen molar-refractivity contribution in [2.24, 2.45) is 4.99 Å². The summed E-state index contributed by atoms with van der Waals surface area (Å²) >= 11 is 2.07. The fourth-order valence-corrected chi connectivity index (χ4v) is 4.93. The molecule has 0 amide bonds. The number of halogens is 1. The lowest BCUT2D eigenvalue weighted by Crippen LogP contribution is -2.46. The number of guanidine groups is 1. The lowest BCUT2D eigenvalue weighted by atomic mass is 10.1. The molecule has 0 bridgehead atoms. The molecule has 8 heteroatoms. The molecule has 158 valence electrons. The van der Waals surface area contributed by atoms with E-state index in [0.717, 1.165) is 57.6 Å². The van der Waals surface area contributed by atoms with Crippen LogP contribution in [-0.4, -0.2) is 72.7 Å². The lowest BCUT2D eigenvalue weighted by Gasteiger charge is -2.34. The Kier molecular flexibility index (Phi) is 9.62. The Morgan fingerprint density at radius 2 is 2.07 bits per heavy atom. The van der Waals surface area contributed by atoms with Gasteiger partial charge in [-0.25, -0.2) is 4.98 Å². The Balaban J connectivity index is 0.00000280. The molecule has 2 saturated heterocycles. The van der Waals surface area contributed by atoms with E-state index in [1.807, 2.05) is 13.2 Å². The molecule has 1 atom stereocenters. The largest absolute Gasteiger partial charge is 0.355 e. The van der Waals surface area contributed by atoms with Crippen molar-refractivity contribution in [3.63, 3.8) is 0 Å². The SMILES string of the molecule is CCN1CCN(c2cc(CNC(=NC)NCC3(C)CCCS3)ccn2)CC1.I. The smallest absolute Gasteiger partial charge is 0.191 e. The van der Waals surface area contributed by atoms with Crippen LogP contribution in [-0.2, 0) is 6.54 Å². The van der Waals surface area contributed by atoms with Gasteiger partial charge in [-0.15, -0.1) is 24.0 Å². The quantitative estimate of drug-likeness (QED) is 0.343. The van der Waals surface area contributed by atoms with Gasteiger partial charge in [0.1, 0.15) is 5.82 Å². The lowest BCUT2D eigenvalue weighted by molar-refractivity contribution is 0.270. The Hall–Kier alpha value is -0.740. The van der Waals surface area contributed by atoms with E-state index in [1.165, 1.54) is 24.2 Å². The summed E-state index contributed by atoms with van der Waals surface area (Å²) in [4.78, 5) is 13.8. The number of pyridine rings is 1. The number of rotatable bonds is 6. The second-order valence-electron chi connectivity index (χ2n) is 7.62. The highest BCUT2D eigenvalue weighted by molar-refractivity contribution is 14.0. The minimum atomic E-state index is 0. The molecule has 1 aromatic heterocycles. The van der Waals surface area contributed by atoms with Gasteiger partial charge >= 0.3 is 0 Å². The number of nitrogens with zero attached hydrogens (tertiary/aromatic N) is 4. The summed E-state index contributed by atoms with van der Waals surface area (Å²) in [7, 11) is 1.84. The molecular formula is C20H35IN6S. The van der Waals surface area contributed by atoms with Gasteiger partial charge in [0, 0.05) is 57.3 Å². The minimum Gasteiger partial charge on any atom is -0.355 e. The van der Waals surface area contributed by atoms with Crippen LogP contribution in [0.25, 0.3) is 0 Å². The molecule has 0 aromatic carbocycles. The van der Waals surface area contributed by atoms with Gasteiger partial charge < -0.3 is 20.4 Å². The first-order valence-electron chi connectivity index (χ1n) is 10.1. The van der Waals surface area contributed by atoms with Crippen LogP contribution in [0, 0.1) is 0 Å². The van der Waals surface area contributed by atoms with Crippen molar-refractivity contribution in [3.8, 4) is 0 Å². The highest BCUT2D eigenvalue weighted by atomic mass is 127. The number of hydrogen-bond acceptors (Lipinski definition) is 5. The maximum atomic E-state index is 4.59. The van der Waals surface area contributed by atoms with E-state index >= 15 is 0 Å². The summed E-state index contributed by atoms with van der Waals surface area (Å²) in [5.41, 5.74) is 1.24. The van der Waals surface area contributed by atoms with Crippen LogP contribution >= 0.6 is 35.7 Å². The summed E-state index contributed by atoms with van der Waals surface area (Å²) in [5.74, 6) is 3.23. The highest BCUT2D eigenvalue weighted by Crippen LogP contribution is 2.36. The van der Waals surface area contributed by atoms with E-state index in [0.29, 0.717) is 4.75 Å². The molecule has 0 spiro atoms. The first-order valence-corrected chi connectivity index (χ1v) is 11.1. The number of aliphatic imine (C=N–C) groups is 1. The highest BCUT2D eigenvalue weighted by Gasteiger charge is 2.29. The van der Waals surface area contributed by atoms with Gasteiger partial charge in [-0.3, -0.25) is 4.99 Å². The van der Waals surface area contributed by atoms with Gasteiger partial charge in [0.15, 0.2) is 5.96 Å². The molecular weight excluding hydrogens is 483 g/mol. The average molecular weight is 519 g/mol. The number of aromatic nitrogens is 1. The van der Waals surface area contributed by atoms with Gasteiger partial charge in [0.2, 0.25) is 0 Å². The second-order valence-corrected chi connectivity index (χ2v) is 9.31. The van der Waals surface area contributed by atoms with Crippen LogP contribution in [0.15, 0.2) is 23.3 Å². The van der Waals surface area contributed by atoms with E-state index in [4.69, 9.17) is 0 Å². The van der Waals surface area contributed by atoms with Crippen molar-refractivity contribution in [1.29, 1.82) is 0 Å². The molecule has 6 nitrogen and oxygen atoms in total. The van der Waals surface area contributed by atoms with E-state index < -0.39 is 0 Å². The first kappa shape index (κ1) is 23.5. The van der Waals surface area contributed by atoms with Gasteiger partial charge in [-0.05, 0) is 49.8 Å². The van der Waals surface area contributed by atoms with Crippen molar-refractivity contribution in [3.05, 3.63) is 23.9 Å². The molecule has 0 radical (unpaired) electrons. The molecule has 0 aliphatic carbocycles. The third-order valence-corrected chi connectivity index (χ3v) is 7.11. The van der Waals surface area contributed by atoms with E-state index in [1.54, 1.807) is 0 Å². The number of anilines is 1. The maximum Gasteiger partial charge on any atom is 0.191 e. The van der Waals surface area contributed by atoms with Crippen LogP contribution in [0.1, 0.15) is 32.3 Å². The topological polar surface area (TPSA) is 55.8 Å². The number of hydrogen-bond donors (Lipinski definition) is 2. The van der Waals surface area contributed by atoms with Crippen LogP contribution in [0.2, 0.25) is 0 Å². The zero-order chi connectivity index (χ0) is 19.1. The number of thioether (sulfide) groups is 1. The van der Waals surface area contributed by atoms with Gasteiger partial charge in [-0.2, -0.15) is 11.8 Å². The summed E-state index contributed by atoms with van der Waals surface area (Å²) in [6.07, 6.45) is 4.52. The molecule has 2 aliphatic heterocycles. The van der Waals surface area contributed by atoms with Crippen molar-refractivity contribution in [1.82, 2.24) is 20.5 Å². The Bertz CT molecular complexity index is 627. The van der Waals surface area contributed by atoms with Crippen LogP contribution < -0.4 is 15.5 Å². The van der Waals surface area contributed by atoms with Crippen LogP contribution in [0.5, 0.6) is 0 Å². The fraction of sp³-hybridized carbons (Fsp3) is 0.700. The Morgan fingerprint density at radius 1 is 1.29 bits per heavy atom. The Morgan fingerprint density at radius 3 is 2.71 bits per heavy atom. The molecule has 3 heterocycles. The number of piperazine rings is 1. The summed E-state index contributed by atoms with van der Waals surface area (Å²) in [5, 5.41) is 6.95. The zero-order valence-electron chi connectivity index (χ0n) is 17.4. The fourth-order valence-electron chi connectivity index (χ4n) is 3.69. The van der Waals surface area contributed by atoms with Gasteiger partial charge in [0.05, 0.1) is 0 Å². The molecule has 2 fully saturated rings. The van der Waals surface area contributed by atoms with Crippen molar-refractivity contribution < 1.29 is 0 Å². The van der Waals surface area contributed by atoms with Crippen LogP contribution in [0.3, 0.4) is 0 Å². The predicted octanol–water partition coefficient (Wildman–Crippen LogP) is 2.79. The predicted molar refractivity (Wildman–Crippen MR) is 132 cm³/mol. The van der Waals surface area contributed by atoms with Gasteiger partial charge in [-0.1, -0.05) is 6.92 Å². The normalized spacial score (nSPS) is 23.4. The zero-order valence-corrected chi connectivity index (χ0v) is 20.6. The minimum absolute atomic E-state index is 0. The summed E-state index contributed by atoms with van der Waals surface area (Å²) in [6, 6.07) is 4.29. The molecule has 1 aromatic rings. The van der Waals surface area contributed by atoms with Crippen molar-refractivity contribution >= 4 is 47.5 Å². The molecule has 28 heavy (non-hydrogen) atoms. The van der Waals surface area contributed by atoms with Crippen molar-refractivity contribution in [2.45, 2.75) is 38.0 Å². The van der Waals surface area contributed by atoms with E-state index in [-0.39, 0.29) is 24.0 Å². The molecule has 2 aliphatic rings. The number of likely N-dealkylation sites (N-methyl/N-ethyl adjacent to an activating group) is 1. The van der Waals surface area contributed by atoms with E-state index in [9.17, 15) is 0 Å². The standard InChI is InChI=1S/C20H34N6S.HI/c1-4-25-9-11-26(12-10-25)18-14-17(6-8-22-18)15-23-19(21-3)24-16-20(2)7-5-13-27-20;/h6,8,14H,4-5,7,9-13,15-16H2,1-3H3,(H2,21,23,24);1H. The second kappa shape index (κ2) is 11.4. The summed E-state index contributed by atoms with van der Waals surface area (Å²) in [6.45, 7) is 11.8. The third kappa shape index (κ3) is 6.66. The van der Waals surface area contributed by atoms with Gasteiger partial charge in [0.25, 0.3) is 0 Å².